The van der Waals surface area contributed by atoms with Crippen LogP contribution in [0.25, 0.3) is 0 Å². The van der Waals surface area contributed by atoms with Crippen LogP contribution in [-0.2, 0) is 9.53 Å². The van der Waals surface area contributed by atoms with Gasteiger partial charge >= 0.3 is 5.97 Å². The summed E-state index contributed by atoms with van der Waals surface area (Å²) in [6, 6.07) is 0. The van der Waals surface area contributed by atoms with Crippen LogP contribution in [0.1, 0.15) is 13.3 Å². The minimum Gasteiger partial charge on any atom is -0.481 e. The summed E-state index contributed by atoms with van der Waals surface area (Å²) in [6.07, 6.45) is 3.85. The summed E-state index contributed by atoms with van der Waals surface area (Å²) in [6.45, 7) is 3.67. The fourth-order valence-electron chi connectivity index (χ4n) is 1.28. The van der Waals surface area contributed by atoms with E-state index in [1.54, 1.807) is 0 Å². The van der Waals surface area contributed by atoms with Crippen molar-refractivity contribution in [1.29, 1.82) is 0 Å². The number of carboxylic acids is 1. The molecule has 4 heteroatoms. The van der Waals surface area contributed by atoms with E-state index >= 15 is 0 Å². The standard InChI is InChI=1S/C9H15NO3/c1-2-3-4-13-9(5-8(11)12)6-10-7-9/h2-3,10H,4-7H2,1H3,(H,11,12)/b3-2+. The third kappa shape index (κ3) is 2.82. The van der Waals surface area contributed by atoms with E-state index in [1.807, 2.05) is 19.1 Å². The first-order valence-corrected chi connectivity index (χ1v) is 4.36. The Balaban J connectivity index is 2.35. The maximum atomic E-state index is 10.5. The maximum Gasteiger partial charge on any atom is 0.306 e. The van der Waals surface area contributed by atoms with Crippen LogP contribution in [0.15, 0.2) is 12.2 Å². The topological polar surface area (TPSA) is 58.6 Å². The third-order valence-corrected chi connectivity index (χ3v) is 2.09. The molecule has 13 heavy (non-hydrogen) atoms. The molecule has 0 unspecified atom stereocenters. The predicted molar refractivity (Wildman–Crippen MR) is 48.6 cm³/mol. The molecule has 2 N–H and O–H groups in total. The van der Waals surface area contributed by atoms with E-state index < -0.39 is 11.6 Å². The number of aliphatic carboxylic acids is 1. The van der Waals surface area contributed by atoms with E-state index in [9.17, 15) is 4.79 Å². The number of carbonyl (C=O) groups is 1. The van der Waals surface area contributed by atoms with Crippen molar-refractivity contribution in [2.75, 3.05) is 19.7 Å². The van der Waals surface area contributed by atoms with Gasteiger partial charge in [0.1, 0.15) is 5.60 Å². The maximum absolute atomic E-state index is 10.5. The molecule has 1 rings (SSSR count). The van der Waals surface area contributed by atoms with E-state index in [-0.39, 0.29) is 6.42 Å². The molecular weight excluding hydrogens is 170 g/mol. The van der Waals surface area contributed by atoms with Crippen LogP contribution in [-0.4, -0.2) is 36.4 Å². The fraction of sp³-hybridized carbons (Fsp3) is 0.667. The van der Waals surface area contributed by atoms with Crippen molar-refractivity contribution in [3.63, 3.8) is 0 Å². The van der Waals surface area contributed by atoms with Gasteiger partial charge in [0.25, 0.3) is 0 Å². The van der Waals surface area contributed by atoms with Gasteiger partial charge < -0.3 is 15.2 Å². The largest absolute Gasteiger partial charge is 0.481 e. The van der Waals surface area contributed by atoms with Gasteiger partial charge in [-0.2, -0.15) is 0 Å². The summed E-state index contributed by atoms with van der Waals surface area (Å²) >= 11 is 0. The van der Waals surface area contributed by atoms with Crippen LogP contribution in [0.5, 0.6) is 0 Å². The van der Waals surface area contributed by atoms with Crippen molar-refractivity contribution < 1.29 is 14.6 Å². The lowest BCUT2D eigenvalue weighted by Gasteiger charge is -2.40. The van der Waals surface area contributed by atoms with Gasteiger partial charge in [-0.3, -0.25) is 4.79 Å². The predicted octanol–water partition coefficient (Wildman–Crippen LogP) is 0.396. The number of carboxylic acid groups (broad SMARTS) is 1. The molecule has 0 spiro atoms. The molecule has 0 bridgehead atoms. The molecule has 1 heterocycles. The van der Waals surface area contributed by atoms with Gasteiger partial charge in [-0.1, -0.05) is 12.2 Å². The average molecular weight is 185 g/mol. The lowest BCUT2D eigenvalue weighted by atomic mass is 9.93. The van der Waals surface area contributed by atoms with Crippen LogP contribution >= 0.6 is 0 Å². The molecule has 0 aromatic carbocycles. The van der Waals surface area contributed by atoms with Crippen LogP contribution in [0.2, 0.25) is 0 Å². The smallest absolute Gasteiger partial charge is 0.306 e. The Labute approximate surface area is 77.6 Å². The highest BCUT2D eigenvalue weighted by molar-refractivity contribution is 5.68. The molecular formula is C9H15NO3. The van der Waals surface area contributed by atoms with Gasteiger partial charge in [0.05, 0.1) is 13.0 Å². The number of ether oxygens (including phenoxy) is 1. The number of allylic oxidation sites excluding steroid dienone is 1. The Morgan fingerprint density at radius 3 is 2.77 bits per heavy atom. The molecule has 0 amide bonds. The quantitative estimate of drug-likeness (QED) is 0.608. The van der Waals surface area contributed by atoms with Crippen LogP contribution in [0.4, 0.5) is 0 Å². The zero-order valence-corrected chi connectivity index (χ0v) is 7.75. The van der Waals surface area contributed by atoms with Crippen molar-refractivity contribution in [3.8, 4) is 0 Å². The molecule has 0 radical (unpaired) electrons. The second kappa shape index (κ2) is 4.39. The Morgan fingerprint density at radius 2 is 2.38 bits per heavy atom. The second-order valence-electron chi connectivity index (χ2n) is 3.24. The number of nitrogens with one attached hydrogen (secondary N) is 1. The molecule has 74 valence electrons. The van der Waals surface area contributed by atoms with E-state index in [0.717, 1.165) is 0 Å². The van der Waals surface area contributed by atoms with Crippen molar-refractivity contribution in [1.82, 2.24) is 5.32 Å². The lowest BCUT2D eigenvalue weighted by molar-refractivity contribution is -0.148. The summed E-state index contributed by atoms with van der Waals surface area (Å²) in [4.78, 5) is 10.5. The van der Waals surface area contributed by atoms with E-state index in [4.69, 9.17) is 9.84 Å². The summed E-state index contributed by atoms with van der Waals surface area (Å²) < 4.78 is 5.49. The minimum atomic E-state index is -0.804. The summed E-state index contributed by atoms with van der Waals surface area (Å²) in [5, 5.41) is 11.7. The van der Waals surface area contributed by atoms with Crippen molar-refractivity contribution in [2.45, 2.75) is 18.9 Å². The van der Waals surface area contributed by atoms with Crippen molar-refractivity contribution >= 4 is 5.97 Å². The van der Waals surface area contributed by atoms with Gasteiger partial charge in [-0.25, -0.2) is 0 Å². The minimum absolute atomic E-state index is 0.0809. The Kier molecular flexibility index (Phi) is 3.45. The molecule has 1 aliphatic rings. The van der Waals surface area contributed by atoms with Crippen molar-refractivity contribution in [2.24, 2.45) is 0 Å². The summed E-state index contributed by atoms with van der Waals surface area (Å²) in [5.74, 6) is -0.804. The second-order valence-corrected chi connectivity index (χ2v) is 3.24. The van der Waals surface area contributed by atoms with Gasteiger partial charge in [-0.15, -0.1) is 0 Å². The molecule has 0 atom stereocenters. The Hall–Kier alpha value is -0.870. The monoisotopic (exact) mass is 185 g/mol. The van der Waals surface area contributed by atoms with Gasteiger partial charge in [0, 0.05) is 13.1 Å². The summed E-state index contributed by atoms with van der Waals surface area (Å²) in [5.41, 5.74) is -0.467. The van der Waals surface area contributed by atoms with E-state index in [2.05, 4.69) is 5.32 Å². The highest BCUT2D eigenvalue weighted by atomic mass is 16.5. The normalized spacial score (nSPS) is 20.1. The van der Waals surface area contributed by atoms with Gasteiger partial charge in [0.2, 0.25) is 0 Å². The van der Waals surface area contributed by atoms with E-state index in [0.29, 0.717) is 19.7 Å². The Morgan fingerprint density at radius 1 is 1.69 bits per heavy atom. The molecule has 1 aliphatic heterocycles. The van der Waals surface area contributed by atoms with Crippen LogP contribution < -0.4 is 5.32 Å². The molecule has 0 aromatic heterocycles. The summed E-state index contributed by atoms with van der Waals surface area (Å²) in [7, 11) is 0. The number of hydrogen-bond acceptors (Lipinski definition) is 3. The Bertz CT molecular complexity index is 209. The molecule has 1 saturated heterocycles. The number of rotatable bonds is 5. The molecule has 0 aliphatic carbocycles. The molecule has 0 aromatic rings. The lowest BCUT2D eigenvalue weighted by Crippen LogP contribution is -2.62. The van der Waals surface area contributed by atoms with Gasteiger partial charge in [0.15, 0.2) is 0 Å². The van der Waals surface area contributed by atoms with Crippen LogP contribution in [0.3, 0.4) is 0 Å². The van der Waals surface area contributed by atoms with Gasteiger partial charge in [-0.05, 0) is 6.92 Å². The van der Waals surface area contributed by atoms with Crippen molar-refractivity contribution in [3.05, 3.63) is 12.2 Å². The highest BCUT2D eigenvalue weighted by Crippen LogP contribution is 2.21. The average Bonchev–Trinajstić information content (AvgIpc) is 1.99. The SMILES string of the molecule is C/C=C/COC1(CC(=O)O)CNC1. The highest BCUT2D eigenvalue weighted by Gasteiger charge is 2.39. The number of hydrogen-bond donors (Lipinski definition) is 2. The molecule has 4 nitrogen and oxygen atoms in total. The molecule has 0 saturated carbocycles. The first kappa shape index (κ1) is 10.2. The van der Waals surface area contributed by atoms with E-state index in [1.165, 1.54) is 0 Å². The first-order chi connectivity index (χ1) is 6.18. The fourth-order valence-corrected chi connectivity index (χ4v) is 1.28. The molecule has 1 fully saturated rings. The zero-order valence-electron chi connectivity index (χ0n) is 7.75. The third-order valence-electron chi connectivity index (χ3n) is 2.09. The first-order valence-electron chi connectivity index (χ1n) is 4.36. The zero-order chi connectivity index (χ0) is 9.73. The van der Waals surface area contributed by atoms with Crippen LogP contribution in [0, 0.1) is 0 Å².